The van der Waals surface area contributed by atoms with Gasteiger partial charge in [-0.2, -0.15) is 0 Å². The van der Waals surface area contributed by atoms with Crippen LogP contribution >= 0.6 is 0 Å². The Morgan fingerprint density at radius 1 is 1.08 bits per heavy atom. The van der Waals surface area contributed by atoms with E-state index in [2.05, 4.69) is 10.3 Å². The van der Waals surface area contributed by atoms with Crippen molar-refractivity contribution in [1.29, 1.82) is 0 Å². The molecular formula is C16H17N5O3. The number of anilines is 1. The highest BCUT2D eigenvalue weighted by atomic mass is 16.2. The molecule has 0 radical (unpaired) electrons. The van der Waals surface area contributed by atoms with Crippen LogP contribution in [0.5, 0.6) is 0 Å². The van der Waals surface area contributed by atoms with E-state index in [9.17, 15) is 14.4 Å². The number of rotatable bonds is 3. The Morgan fingerprint density at radius 3 is 2.50 bits per heavy atom. The molecule has 3 aromatic rings. The summed E-state index contributed by atoms with van der Waals surface area (Å²) in [5.41, 5.74) is 0.356. The summed E-state index contributed by atoms with van der Waals surface area (Å²) in [5.74, 6) is 0. The van der Waals surface area contributed by atoms with Crippen LogP contribution < -0.4 is 22.1 Å². The van der Waals surface area contributed by atoms with Crippen LogP contribution in [-0.4, -0.2) is 18.7 Å². The molecule has 0 aliphatic carbocycles. The second kappa shape index (κ2) is 5.80. The van der Waals surface area contributed by atoms with Crippen LogP contribution in [0.1, 0.15) is 5.56 Å². The Balaban J connectivity index is 2.25. The van der Waals surface area contributed by atoms with E-state index in [0.29, 0.717) is 17.6 Å². The first-order chi connectivity index (χ1) is 11.4. The van der Waals surface area contributed by atoms with Crippen molar-refractivity contribution in [2.75, 3.05) is 5.32 Å². The van der Waals surface area contributed by atoms with E-state index >= 15 is 0 Å². The van der Waals surface area contributed by atoms with Gasteiger partial charge in [0.15, 0.2) is 0 Å². The topological polar surface area (TPSA) is 90.9 Å². The molecule has 1 N–H and O–H groups in total. The van der Waals surface area contributed by atoms with Gasteiger partial charge >= 0.3 is 5.69 Å². The van der Waals surface area contributed by atoms with Crippen LogP contribution in [0.25, 0.3) is 11.0 Å². The van der Waals surface area contributed by atoms with Gasteiger partial charge in [0, 0.05) is 46.1 Å². The minimum Gasteiger partial charge on any atom is -0.380 e. The number of pyridine rings is 2. The van der Waals surface area contributed by atoms with Gasteiger partial charge in [-0.15, -0.1) is 0 Å². The van der Waals surface area contributed by atoms with Gasteiger partial charge in [-0.25, -0.2) is 4.79 Å². The third-order valence-electron chi connectivity index (χ3n) is 4.02. The number of nitrogens with zero attached hydrogens (tertiary/aromatic N) is 4. The first-order valence-corrected chi connectivity index (χ1v) is 7.34. The first-order valence-electron chi connectivity index (χ1n) is 7.34. The lowest BCUT2D eigenvalue weighted by atomic mass is 10.2. The maximum absolute atomic E-state index is 12.6. The van der Waals surface area contributed by atoms with Crippen molar-refractivity contribution < 1.29 is 0 Å². The molecule has 0 saturated heterocycles. The molecule has 0 unspecified atom stereocenters. The molecular weight excluding hydrogens is 310 g/mol. The third-order valence-corrected chi connectivity index (χ3v) is 4.02. The fourth-order valence-corrected chi connectivity index (χ4v) is 2.70. The molecule has 0 aromatic carbocycles. The summed E-state index contributed by atoms with van der Waals surface area (Å²) in [7, 11) is 4.49. The van der Waals surface area contributed by atoms with E-state index < -0.39 is 11.2 Å². The first kappa shape index (κ1) is 15.7. The largest absolute Gasteiger partial charge is 0.380 e. The summed E-state index contributed by atoms with van der Waals surface area (Å²) in [4.78, 5) is 41.0. The average molecular weight is 327 g/mol. The molecule has 124 valence electrons. The van der Waals surface area contributed by atoms with Crippen molar-refractivity contribution >= 4 is 16.7 Å². The second-order valence-corrected chi connectivity index (χ2v) is 5.57. The van der Waals surface area contributed by atoms with Gasteiger partial charge in [0.25, 0.3) is 11.1 Å². The summed E-state index contributed by atoms with van der Waals surface area (Å²) in [6.07, 6.45) is 3.37. The van der Waals surface area contributed by atoms with E-state index in [-0.39, 0.29) is 11.2 Å². The smallest absolute Gasteiger partial charge is 0.332 e. The fourth-order valence-electron chi connectivity index (χ4n) is 2.70. The van der Waals surface area contributed by atoms with Crippen molar-refractivity contribution in [2.45, 2.75) is 6.54 Å². The highest BCUT2D eigenvalue weighted by Crippen LogP contribution is 2.16. The number of nitrogens with one attached hydrogen (secondary N) is 1. The molecule has 3 rings (SSSR count). The lowest BCUT2D eigenvalue weighted by Gasteiger charge is -2.15. The highest BCUT2D eigenvalue weighted by molar-refractivity contribution is 5.88. The predicted molar refractivity (Wildman–Crippen MR) is 91.2 cm³/mol. The molecule has 0 spiro atoms. The lowest BCUT2D eigenvalue weighted by Crippen LogP contribution is -2.39. The van der Waals surface area contributed by atoms with Crippen LogP contribution in [0.15, 0.2) is 45.0 Å². The van der Waals surface area contributed by atoms with Gasteiger partial charge < -0.3 is 5.32 Å². The molecule has 0 atom stereocenters. The van der Waals surface area contributed by atoms with Gasteiger partial charge in [-0.05, 0) is 11.6 Å². The number of aryl methyl sites for hydroxylation is 2. The Morgan fingerprint density at radius 2 is 1.83 bits per heavy atom. The zero-order chi connectivity index (χ0) is 17.4. The van der Waals surface area contributed by atoms with Crippen LogP contribution in [0, 0.1) is 0 Å². The van der Waals surface area contributed by atoms with Gasteiger partial charge in [-0.3, -0.25) is 28.3 Å². The van der Waals surface area contributed by atoms with Gasteiger partial charge in [0.05, 0.1) is 5.69 Å². The lowest BCUT2D eigenvalue weighted by molar-refractivity contribution is 0.689. The summed E-state index contributed by atoms with van der Waals surface area (Å²) in [5, 5.41) is 3.40. The van der Waals surface area contributed by atoms with Crippen LogP contribution in [0.4, 0.5) is 5.69 Å². The number of fused-ring (bicyclic) bond motifs is 1. The molecule has 3 aromatic heterocycles. The Kier molecular flexibility index (Phi) is 3.80. The van der Waals surface area contributed by atoms with Gasteiger partial charge in [0.1, 0.15) is 11.0 Å². The maximum atomic E-state index is 12.6. The number of hydrogen-bond acceptors (Lipinski definition) is 5. The summed E-state index contributed by atoms with van der Waals surface area (Å²) in [6.45, 7) is 0.405. The summed E-state index contributed by atoms with van der Waals surface area (Å²) >= 11 is 0. The molecule has 0 amide bonds. The van der Waals surface area contributed by atoms with Crippen molar-refractivity contribution in [1.82, 2.24) is 18.7 Å². The standard InChI is InChI=1S/C16H17N5O3/c1-19-12(22)7-11(18-9-10-5-4-6-17-8-10)13-14(19)20(2)16(24)21(3)15(13)23/h4-8,18H,9H2,1-3H3. The molecule has 8 nitrogen and oxygen atoms in total. The molecule has 0 aliphatic heterocycles. The molecule has 8 heteroatoms. The van der Waals surface area contributed by atoms with Gasteiger partial charge in [-0.1, -0.05) is 6.07 Å². The third kappa shape index (κ3) is 2.41. The zero-order valence-corrected chi connectivity index (χ0v) is 13.6. The minimum atomic E-state index is -0.480. The Bertz CT molecular complexity index is 1090. The van der Waals surface area contributed by atoms with Crippen molar-refractivity contribution in [2.24, 2.45) is 21.1 Å². The summed E-state index contributed by atoms with van der Waals surface area (Å²) < 4.78 is 3.63. The average Bonchev–Trinajstić information content (AvgIpc) is 2.59. The quantitative estimate of drug-likeness (QED) is 0.728. The van der Waals surface area contributed by atoms with Crippen molar-refractivity contribution in [3.8, 4) is 0 Å². The SMILES string of the molecule is Cn1c(=O)c2c(NCc3cccnc3)cc(=O)n(C)c2n(C)c1=O. The molecule has 0 aliphatic rings. The molecule has 3 heterocycles. The van der Waals surface area contributed by atoms with Crippen LogP contribution in [0.3, 0.4) is 0 Å². The minimum absolute atomic E-state index is 0.282. The van der Waals surface area contributed by atoms with E-state index in [1.165, 1.54) is 36.3 Å². The van der Waals surface area contributed by atoms with E-state index in [0.717, 1.165) is 10.1 Å². The molecule has 24 heavy (non-hydrogen) atoms. The zero-order valence-electron chi connectivity index (χ0n) is 13.6. The Hall–Kier alpha value is -3.16. The second-order valence-electron chi connectivity index (χ2n) is 5.57. The summed E-state index contributed by atoms with van der Waals surface area (Å²) in [6, 6.07) is 5.06. The molecule has 0 bridgehead atoms. The molecule has 0 fully saturated rings. The highest BCUT2D eigenvalue weighted by Gasteiger charge is 2.16. The molecule has 0 saturated carbocycles. The Labute approximate surface area is 136 Å². The van der Waals surface area contributed by atoms with Crippen molar-refractivity contribution in [3.05, 3.63) is 67.3 Å². The van der Waals surface area contributed by atoms with E-state index in [1.807, 2.05) is 12.1 Å². The number of aromatic nitrogens is 4. The normalized spacial score (nSPS) is 11.0. The van der Waals surface area contributed by atoms with E-state index in [1.54, 1.807) is 12.4 Å². The fraction of sp³-hybridized carbons (Fsp3) is 0.250. The predicted octanol–water partition coefficient (Wildman–Crippen LogP) is -0.0570. The monoisotopic (exact) mass is 327 g/mol. The van der Waals surface area contributed by atoms with Crippen LogP contribution in [-0.2, 0) is 27.7 Å². The van der Waals surface area contributed by atoms with E-state index in [4.69, 9.17) is 0 Å². The van der Waals surface area contributed by atoms with Gasteiger partial charge in [0.2, 0.25) is 0 Å². The maximum Gasteiger partial charge on any atom is 0.332 e. The van der Waals surface area contributed by atoms with Crippen molar-refractivity contribution in [3.63, 3.8) is 0 Å². The van der Waals surface area contributed by atoms with Crippen LogP contribution in [0.2, 0.25) is 0 Å². The number of hydrogen-bond donors (Lipinski definition) is 1.